The van der Waals surface area contributed by atoms with Gasteiger partial charge in [0.05, 0.1) is 11.7 Å². The Kier molecular flexibility index (Phi) is 3.68. The number of hydrogen-bond acceptors (Lipinski definition) is 4. The van der Waals surface area contributed by atoms with E-state index in [1.807, 2.05) is 0 Å². The Balaban J connectivity index is 1.82. The Morgan fingerprint density at radius 2 is 2.28 bits per heavy atom. The molecule has 0 amide bonds. The van der Waals surface area contributed by atoms with Gasteiger partial charge in [0, 0.05) is 12.0 Å². The fraction of sp³-hybridized carbons (Fsp3) is 0.786. The van der Waals surface area contributed by atoms with Crippen LogP contribution in [0.25, 0.3) is 0 Å². The minimum atomic E-state index is -0.0593. The molecule has 1 aliphatic carbocycles. The van der Waals surface area contributed by atoms with Gasteiger partial charge in [-0.3, -0.25) is 0 Å². The van der Waals surface area contributed by atoms with Crippen molar-refractivity contribution >= 4 is 11.3 Å². The van der Waals surface area contributed by atoms with Crippen LogP contribution in [-0.4, -0.2) is 18.1 Å². The van der Waals surface area contributed by atoms with E-state index in [4.69, 9.17) is 9.72 Å². The molecule has 1 aliphatic heterocycles. The van der Waals surface area contributed by atoms with Crippen molar-refractivity contribution in [3.05, 3.63) is 16.1 Å². The third-order valence-corrected chi connectivity index (χ3v) is 5.21. The second kappa shape index (κ2) is 5.27. The zero-order chi connectivity index (χ0) is 12.4. The van der Waals surface area contributed by atoms with Crippen molar-refractivity contribution in [2.45, 2.75) is 57.1 Å². The van der Waals surface area contributed by atoms with Gasteiger partial charge in [0.15, 0.2) is 0 Å². The lowest BCUT2D eigenvalue weighted by molar-refractivity contribution is -0.0392. The number of thiazole rings is 1. The van der Waals surface area contributed by atoms with E-state index >= 15 is 0 Å². The zero-order valence-electron chi connectivity index (χ0n) is 11.1. The van der Waals surface area contributed by atoms with E-state index in [2.05, 4.69) is 17.6 Å². The Hall–Kier alpha value is -0.450. The van der Waals surface area contributed by atoms with Crippen LogP contribution in [0.1, 0.15) is 62.2 Å². The molecule has 1 N–H and O–H groups in total. The van der Waals surface area contributed by atoms with Gasteiger partial charge in [-0.15, -0.1) is 11.3 Å². The molecule has 4 heteroatoms. The number of ether oxygens (including phenoxy) is 1. The third kappa shape index (κ3) is 2.22. The highest BCUT2D eigenvalue weighted by Gasteiger charge is 2.39. The third-order valence-electron chi connectivity index (χ3n) is 4.16. The van der Waals surface area contributed by atoms with Gasteiger partial charge in [-0.1, -0.05) is 12.8 Å². The van der Waals surface area contributed by atoms with E-state index in [9.17, 15) is 0 Å². The highest BCUT2D eigenvalue weighted by Crippen LogP contribution is 2.44. The molecule has 1 aromatic heterocycles. The van der Waals surface area contributed by atoms with Crippen LogP contribution in [0.3, 0.4) is 0 Å². The highest BCUT2D eigenvalue weighted by molar-refractivity contribution is 7.09. The molecule has 1 saturated carbocycles. The van der Waals surface area contributed by atoms with E-state index in [-0.39, 0.29) is 5.60 Å². The van der Waals surface area contributed by atoms with Crippen LogP contribution < -0.4 is 5.32 Å². The molecule has 0 aromatic carbocycles. The van der Waals surface area contributed by atoms with Gasteiger partial charge in [-0.2, -0.15) is 0 Å². The number of rotatable bonds is 4. The second-order valence-electron chi connectivity index (χ2n) is 5.36. The summed E-state index contributed by atoms with van der Waals surface area (Å²) in [5.41, 5.74) is 1.18. The van der Waals surface area contributed by atoms with E-state index in [0.29, 0.717) is 6.04 Å². The molecular weight excluding hydrogens is 244 g/mol. The Morgan fingerprint density at radius 1 is 1.44 bits per heavy atom. The quantitative estimate of drug-likeness (QED) is 0.907. The first kappa shape index (κ1) is 12.6. The Morgan fingerprint density at radius 3 is 2.94 bits per heavy atom. The highest BCUT2D eigenvalue weighted by atomic mass is 32.1. The van der Waals surface area contributed by atoms with Crippen LogP contribution in [0.4, 0.5) is 0 Å². The van der Waals surface area contributed by atoms with Crippen LogP contribution in [0.15, 0.2) is 5.38 Å². The molecule has 2 aliphatic rings. The molecule has 0 bridgehead atoms. The predicted octanol–water partition coefficient (Wildman–Crippen LogP) is 3.37. The van der Waals surface area contributed by atoms with Crippen molar-refractivity contribution < 1.29 is 4.74 Å². The molecule has 0 spiro atoms. The normalized spacial score (nSPS) is 26.8. The van der Waals surface area contributed by atoms with Crippen LogP contribution in [0.5, 0.6) is 0 Å². The molecule has 2 heterocycles. The lowest BCUT2D eigenvalue weighted by Gasteiger charge is -2.26. The predicted molar refractivity (Wildman–Crippen MR) is 73.9 cm³/mol. The fourth-order valence-corrected chi connectivity index (χ4v) is 4.32. The molecule has 1 aromatic rings. The first-order chi connectivity index (χ1) is 8.84. The minimum Gasteiger partial charge on any atom is -0.368 e. The molecular formula is C14H22N2OS. The fourth-order valence-electron chi connectivity index (χ4n) is 3.23. The number of nitrogens with zero attached hydrogens (tertiary/aromatic N) is 1. The Bertz CT molecular complexity index is 392. The van der Waals surface area contributed by atoms with Crippen molar-refractivity contribution in [2.75, 3.05) is 13.2 Å². The summed E-state index contributed by atoms with van der Waals surface area (Å²) >= 11 is 1.80. The topological polar surface area (TPSA) is 34.1 Å². The van der Waals surface area contributed by atoms with Crippen LogP contribution in [0, 0.1) is 0 Å². The summed E-state index contributed by atoms with van der Waals surface area (Å²) in [6.45, 7) is 4.01. The molecule has 3 rings (SSSR count). The molecule has 0 unspecified atom stereocenters. The van der Waals surface area contributed by atoms with Crippen molar-refractivity contribution in [1.82, 2.24) is 10.3 Å². The smallest absolute Gasteiger partial charge is 0.125 e. The van der Waals surface area contributed by atoms with Gasteiger partial charge in [0.1, 0.15) is 10.6 Å². The first-order valence-corrected chi connectivity index (χ1v) is 8.05. The average Bonchev–Trinajstić information content (AvgIpc) is 3.11. The van der Waals surface area contributed by atoms with E-state index in [1.54, 1.807) is 11.3 Å². The molecule has 18 heavy (non-hydrogen) atoms. The van der Waals surface area contributed by atoms with Gasteiger partial charge in [0.2, 0.25) is 0 Å². The summed E-state index contributed by atoms with van der Waals surface area (Å²) in [6, 6.07) is 0.482. The number of nitrogens with one attached hydrogen (secondary N) is 1. The minimum absolute atomic E-state index is 0.0593. The van der Waals surface area contributed by atoms with Crippen molar-refractivity contribution in [3.8, 4) is 0 Å². The standard InChI is InChI=1S/C14H22N2OS/c1-2-17-14(7-3-4-8-14)13-16-12(10-18-13)11-6-5-9-15-11/h10-11,15H,2-9H2,1H3/t11-/m0/s1. The van der Waals surface area contributed by atoms with Gasteiger partial charge in [-0.05, 0) is 39.2 Å². The van der Waals surface area contributed by atoms with Crippen molar-refractivity contribution in [3.63, 3.8) is 0 Å². The van der Waals surface area contributed by atoms with Crippen LogP contribution in [-0.2, 0) is 10.3 Å². The maximum Gasteiger partial charge on any atom is 0.125 e. The van der Waals surface area contributed by atoms with Gasteiger partial charge in [-0.25, -0.2) is 4.98 Å². The number of hydrogen-bond donors (Lipinski definition) is 1. The van der Waals surface area contributed by atoms with Gasteiger partial charge >= 0.3 is 0 Å². The van der Waals surface area contributed by atoms with Gasteiger partial charge in [0.25, 0.3) is 0 Å². The van der Waals surface area contributed by atoms with E-state index in [1.165, 1.54) is 36.4 Å². The lowest BCUT2D eigenvalue weighted by Crippen LogP contribution is -2.26. The molecule has 0 radical (unpaired) electrons. The number of aromatic nitrogens is 1. The summed E-state index contributed by atoms with van der Waals surface area (Å²) in [5.74, 6) is 0. The first-order valence-electron chi connectivity index (χ1n) is 7.17. The second-order valence-corrected chi connectivity index (χ2v) is 6.22. The largest absolute Gasteiger partial charge is 0.368 e. The summed E-state index contributed by atoms with van der Waals surface area (Å²) in [5, 5.41) is 6.97. The molecule has 2 fully saturated rings. The molecule has 3 nitrogen and oxygen atoms in total. The van der Waals surface area contributed by atoms with E-state index < -0.39 is 0 Å². The molecule has 1 saturated heterocycles. The summed E-state index contributed by atoms with van der Waals surface area (Å²) in [6.07, 6.45) is 7.34. The van der Waals surface area contributed by atoms with Crippen molar-refractivity contribution in [1.29, 1.82) is 0 Å². The van der Waals surface area contributed by atoms with E-state index in [0.717, 1.165) is 26.0 Å². The average molecular weight is 266 g/mol. The lowest BCUT2D eigenvalue weighted by atomic mass is 10.0. The SMILES string of the molecule is CCOC1(c2nc([C@@H]3CCCN3)cs2)CCCC1. The zero-order valence-corrected chi connectivity index (χ0v) is 11.9. The molecule has 100 valence electrons. The maximum absolute atomic E-state index is 6.08. The Labute approximate surface area is 113 Å². The molecule has 1 atom stereocenters. The summed E-state index contributed by atoms with van der Waals surface area (Å²) in [7, 11) is 0. The van der Waals surface area contributed by atoms with Crippen LogP contribution >= 0.6 is 11.3 Å². The maximum atomic E-state index is 6.08. The van der Waals surface area contributed by atoms with Crippen molar-refractivity contribution in [2.24, 2.45) is 0 Å². The van der Waals surface area contributed by atoms with Gasteiger partial charge < -0.3 is 10.1 Å². The van der Waals surface area contributed by atoms with Crippen LogP contribution in [0.2, 0.25) is 0 Å². The summed E-state index contributed by atoms with van der Waals surface area (Å²) < 4.78 is 6.08. The summed E-state index contributed by atoms with van der Waals surface area (Å²) in [4.78, 5) is 4.90. The monoisotopic (exact) mass is 266 g/mol.